The van der Waals surface area contributed by atoms with Gasteiger partial charge < -0.3 is 4.74 Å². The summed E-state index contributed by atoms with van der Waals surface area (Å²) in [5.74, 6) is 1.28. The van der Waals surface area contributed by atoms with E-state index in [1.165, 1.54) is 16.9 Å². The van der Waals surface area contributed by atoms with E-state index < -0.39 is 0 Å². The molecule has 0 atom stereocenters. The topological polar surface area (TPSA) is 46.8 Å². The standard InChI is InChI=1S/C25H26ClN3O2S/c1-17(2)13-28(14-18-4-8-20(26)9-5-18)15-21-12-24(30)29-23(16-32-25(29)27-21)19-6-10-22(31-3)11-7-19/h4-12,16-17H,13-15H2,1-3H3. The molecular formula is C25H26ClN3O2S. The lowest BCUT2D eigenvalue weighted by molar-refractivity contribution is 0.225. The number of hydrogen-bond acceptors (Lipinski definition) is 5. The summed E-state index contributed by atoms with van der Waals surface area (Å²) in [4.78, 5) is 20.9. The highest BCUT2D eigenvalue weighted by molar-refractivity contribution is 7.15. The normalized spacial score (nSPS) is 11.6. The van der Waals surface area contributed by atoms with Crippen LogP contribution in [0.3, 0.4) is 0 Å². The second kappa shape index (κ2) is 9.86. The summed E-state index contributed by atoms with van der Waals surface area (Å²) in [5, 5.41) is 2.71. The van der Waals surface area contributed by atoms with E-state index in [0.29, 0.717) is 17.4 Å². The largest absolute Gasteiger partial charge is 0.497 e. The molecule has 2 aromatic carbocycles. The SMILES string of the molecule is COc1ccc(-c2csc3nc(CN(Cc4ccc(Cl)cc4)CC(C)C)cc(=O)n23)cc1. The Kier molecular flexibility index (Phi) is 6.94. The van der Waals surface area contributed by atoms with Gasteiger partial charge in [0.25, 0.3) is 5.56 Å². The number of thiazole rings is 1. The highest BCUT2D eigenvalue weighted by Gasteiger charge is 2.15. The number of fused-ring (bicyclic) bond motifs is 1. The van der Waals surface area contributed by atoms with E-state index >= 15 is 0 Å². The molecule has 0 saturated carbocycles. The smallest absolute Gasteiger partial charge is 0.259 e. The lowest BCUT2D eigenvalue weighted by Gasteiger charge is -2.24. The average Bonchev–Trinajstić information content (AvgIpc) is 3.19. The van der Waals surface area contributed by atoms with Gasteiger partial charge in [0.05, 0.1) is 18.5 Å². The maximum Gasteiger partial charge on any atom is 0.259 e. The molecule has 0 fully saturated rings. The van der Waals surface area contributed by atoms with E-state index in [-0.39, 0.29) is 5.56 Å². The summed E-state index contributed by atoms with van der Waals surface area (Å²) < 4.78 is 6.92. The molecule has 0 aliphatic rings. The van der Waals surface area contributed by atoms with Crippen LogP contribution in [0.15, 0.2) is 64.8 Å². The summed E-state index contributed by atoms with van der Waals surface area (Å²) in [5.41, 5.74) is 3.71. The fraction of sp³-hybridized carbons (Fsp3) is 0.280. The first-order valence-electron chi connectivity index (χ1n) is 10.5. The van der Waals surface area contributed by atoms with Gasteiger partial charge in [0, 0.05) is 36.1 Å². The van der Waals surface area contributed by atoms with E-state index in [4.69, 9.17) is 21.3 Å². The maximum atomic E-state index is 13.0. The van der Waals surface area contributed by atoms with Crippen molar-refractivity contribution in [2.24, 2.45) is 5.92 Å². The van der Waals surface area contributed by atoms with Gasteiger partial charge in [-0.25, -0.2) is 4.98 Å². The minimum atomic E-state index is -0.0620. The van der Waals surface area contributed by atoms with Crippen molar-refractivity contribution >= 4 is 27.9 Å². The monoisotopic (exact) mass is 467 g/mol. The molecular weight excluding hydrogens is 442 g/mol. The van der Waals surface area contributed by atoms with E-state index in [9.17, 15) is 4.79 Å². The second-order valence-corrected chi connectivity index (χ2v) is 9.52. The molecule has 2 aromatic heterocycles. The molecule has 32 heavy (non-hydrogen) atoms. The first kappa shape index (κ1) is 22.5. The Morgan fingerprint density at radius 2 is 1.81 bits per heavy atom. The molecule has 5 nitrogen and oxygen atoms in total. The van der Waals surface area contributed by atoms with Gasteiger partial charge in [-0.3, -0.25) is 14.1 Å². The lowest BCUT2D eigenvalue weighted by atomic mass is 10.1. The summed E-state index contributed by atoms with van der Waals surface area (Å²) >= 11 is 7.51. The highest BCUT2D eigenvalue weighted by atomic mass is 35.5. The van der Waals surface area contributed by atoms with Crippen molar-refractivity contribution in [3.05, 3.63) is 86.6 Å². The van der Waals surface area contributed by atoms with Crippen molar-refractivity contribution in [2.45, 2.75) is 26.9 Å². The van der Waals surface area contributed by atoms with Crippen molar-refractivity contribution in [1.29, 1.82) is 0 Å². The maximum absolute atomic E-state index is 13.0. The number of aromatic nitrogens is 2. The Bertz CT molecular complexity index is 1250. The molecule has 2 heterocycles. The number of benzene rings is 2. The minimum Gasteiger partial charge on any atom is -0.497 e. The molecule has 0 spiro atoms. The van der Waals surface area contributed by atoms with Crippen LogP contribution in [-0.2, 0) is 13.1 Å². The Balaban J connectivity index is 1.61. The van der Waals surface area contributed by atoms with E-state index in [2.05, 4.69) is 18.7 Å². The van der Waals surface area contributed by atoms with E-state index in [1.807, 2.05) is 53.9 Å². The first-order valence-corrected chi connectivity index (χ1v) is 11.8. The van der Waals surface area contributed by atoms with E-state index in [0.717, 1.165) is 40.8 Å². The number of hydrogen-bond donors (Lipinski definition) is 0. The fourth-order valence-corrected chi connectivity index (χ4v) is 4.84. The summed E-state index contributed by atoms with van der Waals surface area (Å²) in [6, 6.07) is 17.3. The Hall–Kier alpha value is -2.67. The molecule has 0 unspecified atom stereocenters. The molecule has 4 rings (SSSR count). The van der Waals surface area contributed by atoms with Crippen molar-refractivity contribution in [2.75, 3.05) is 13.7 Å². The zero-order chi connectivity index (χ0) is 22.7. The van der Waals surface area contributed by atoms with Crippen LogP contribution in [0.2, 0.25) is 5.02 Å². The number of halogens is 1. The van der Waals surface area contributed by atoms with Gasteiger partial charge in [-0.15, -0.1) is 11.3 Å². The van der Waals surface area contributed by atoms with Crippen molar-refractivity contribution < 1.29 is 4.74 Å². The predicted octanol–water partition coefficient (Wildman–Crippen LogP) is 5.74. The third-order valence-corrected chi connectivity index (χ3v) is 6.25. The average molecular weight is 468 g/mol. The van der Waals surface area contributed by atoms with E-state index in [1.54, 1.807) is 17.6 Å². The van der Waals surface area contributed by atoms with Gasteiger partial charge in [0.15, 0.2) is 4.96 Å². The quantitative estimate of drug-likeness (QED) is 0.331. The van der Waals surface area contributed by atoms with Gasteiger partial charge in [-0.1, -0.05) is 37.6 Å². The van der Waals surface area contributed by atoms with Crippen LogP contribution >= 0.6 is 22.9 Å². The summed E-state index contributed by atoms with van der Waals surface area (Å²) in [6.07, 6.45) is 0. The summed E-state index contributed by atoms with van der Waals surface area (Å²) in [6.45, 7) is 6.69. The highest BCUT2D eigenvalue weighted by Crippen LogP contribution is 2.26. The molecule has 7 heteroatoms. The summed E-state index contributed by atoms with van der Waals surface area (Å²) in [7, 11) is 1.64. The molecule has 0 aliphatic heterocycles. The van der Waals surface area contributed by atoms with Gasteiger partial charge in [-0.2, -0.15) is 0 Å². The first-order chi connectivity index (χ1) is 15.4. The Labute approximate surface area is 196 Å². The Morgan fingerprint density at radius 3 is 2.47 bits per heavy atom. The molecule has 166 valence electrons. The second-order valence-electron chi connectivity index (χ2n) is 8.24. The molecule has 0 amide bonds. The molecule has 0 N–H and O–H groups in total. The number of rotatable bonds is 8. The Morgan fingerprint density at radius 1 is 1.09 bits per heavy atom. The molecule has 0 radical (unpaired) electrons. The third-order valence-electron chi connectivity index (χ3n) is 5.17. The zero-order valence-electron chi connectivity index (χ0n) is 18.4. The molecule has 0 aliphatic carbocycles. The lowest BCUT2D eigenvalue weighted by Crippen LogP contribution is -2.28. The number of nitrogens with zero attached hydrogens (tertiary/aromatic N) is 3. The molecule has 0 saturated heterocycles. The third kappa shape index (κ3) is 5.21. The van der Waals surface area contributed by atoms with Crippen molar-refractivity contribution in [1.82, 2.24) is 14.3 Å². The van der Waals surface area contributed by atoms with Crippen LogP contribution in [0.4, 0.5) is 0 Å². The number of ether oxygens (including phenoxy) is 1. The van der Waals surface area contributed by atoms with Crippen LogP contribution in [-0.4, -0.2) is 27.9 Å². The van der Waals surface area contributed by atoms with Crippen molar-refractivity contribution in [3.63, 3.8) is 0 Å². The van der Waals surface area contributed by atoms with Crippen molar-refractivity contribution in [3.8, 4) is 17.0 Å². The van der Waals surface area contributed by atoms with Gasteiger partial charge in [0.2, 0.25) is 0 Å². The van der Waals surface area contributed by atoms with Gasteiger partial charge >= 0.3 is 0 Å². The number of methoxy groups -OCH3 is 1. The van der Waals surface area contributed by atoms with Crippen LogP contribution in [0, 0.1) is 5.92 Å². The van der Waals surface area contributed by atoms with Crippen LogP contribution in [0.1, 0.15) is 25.1 Å². The van der Waals surface area contributed by atoms with Gasteiger partial charge in [0.1, 0.15) is 5.75 Å². The van der Waals surface area contributed by atoms with Gasteiger partial charge in [-0.05, 0) is 53.4 Å². The predicted molar refractivity (Wildman–Crippen MR) is 132 cm³/mol. The van der Waals surface area contributed by atoms with Crippen LogP contribution < -0.4 is 10.3 Å². The van der Waals surface area contributed by atoms with Crippen LogP contribution in [0.25, 0.3) is 16.2 Å². The fourth-order valence-electron chi connectivity index (χ4n) is 3.79. The molecule has 4 aromatic rings. The minimum absolute atomic E-state index is 0.0620. The molecule has 0 bridgehead atoms. The zero-order valence-corrected chi connectivity index (χ0v) is 20.0. The van der Waals surface area contributed by atoms with Crippen LogP contribution in [0.5, 0.6) is 5.75 Å².